The Morgan fingerprint density at radius 1 is 1.10 bits per heavy atom. The third kappa shape index (κ3) is 3.06. The van der Waals surface area contributed by atoms with Crippen molar-refractivity contribution >= 4 is 17.7 Å². The van der Waals surface area contributed by atoms with Gasteiger partial charge in [-0.25, -0.2) is 0 Å². The molecule has 158 valence electrons. The van der Waals surface area contributed by atoms with Crippen molar-refractivity contribution in [3.05, 3.63) is 53.1 Å². The van der Waals surface area contributed by atoms with Crippen LogP contribution < -0.4 is 5.32 Å². The van der Waals surface area contributed by atoms with Gasteiger partial charge in [-0.1, -0.05) is 6.07 Å². The predicted octanol–water partition coefficient (Wildman–Crippen LogP) is 2.72. The number of rotatable bonds is 3. The number of piperidine rings is 1. The van der Waals surface area contributed by atoms with Gasteiger partial charge in [0, 0.05) is 36.7 Å². The standard InChI is InChI=1S/C23H22N4O4/c1-12-8-17(13(2)31-12)21-18(10-24-26(21)3)14-4-5-16-15(9-14)11-27(23(16)30)19-6-7-20(28)25-22(19)29/h4-5,8-10,19H,6-7,11H2,1-3H3,(H,25,28,29)/t19-/m0/s1. The lowest BCUT2D eigenvalue weighted by atomic mass is 9.98. The first-order valence-corrected chi connectivity index (χ1v) is 10.2. The van der Waals surface area contributed by atoms with Gasteiger partial charge in [0.25, 0.3) is 5.91 Å². The van der Waals surface area contributed by atoms with E-state index in [0.29, 0.717) is 18.5 Å². The van der Waals surface area contributed by atoms with Crippen LogP contribution in [-0.2, 0) is 23.2 Å². The lowest BCUT2D eigenvalue weighted by Gasteiger charge is -2.29. The van der Waals surface area contributed by atoms with Crippen LogP contribution in [0.3, 0.4) is 0 Å². The van der Waals surface area contributed by atoms with Crippen LogP contribution in [0.25, 0.3) is 22.4 Å². The van der Waals surface area contributed by atoms with Crippen molar-refractivity contribution in [2.75, 3.05) is 0 Å². The minimum Gasteiger partial charge on any atom is -0.466 e. The monoisotopic (exact) mass is 418 g/mol. The van der Waals surface area contributed by atoms with Gasteiger partial charge in [0.1, 0.15) is 17.6 Å². The smallest absolute Gasteiger partial charge is 0.255 e. The van der Waals surface area contributed by atoms with Gasteiger partial charge >= 0.3 is 0 Å². The summed E-state index contributed by atoms with van der Waals surface area (Å²) >= 11 is 0. The second-order valence-electron chi connectivity index (χ2n) is 8.13. The van der Waals surface area contributed by atoms with Crippen LogP contribution in [0.5, 0.6) is 0 Å². The van der Waals surface area contributed by atoms with Crippen molar-refractivity contribution in [2.45, 2.75) is 39.3 Å². The Labute approximate surface area is 178 Å². The summed E-state index contributed by atoms with van der Waals surface area (Å²) in [6.45, 7) is 4.18. The van der Waals surface area contributed by atoms with E-state index in [2.05, 4.69) is 10.4 Å². The van der Waals surface area contributed by atoms with Gasteiger partial charge in [0.05, 0.1) is 11.9 Å². The second-order valence-corrected chi connectivity index (χ2v) is 8.13. The number of carbonyl (C=O) groups excluding carboxylic acids is 3. The third-order valence-electron chi connectivity index (χ3n) is 6.07. The molecule has 4 heterocycles. The molecule has 3 amide bonds. The van der Waals surface area contributed by atoms with E-state index in [1.54, 1.807) is 4.90 Å². The van der Waals surface area contributed by atoms with Crippen LogP contribution in [0.2, 0.25) is 0 Å². The van der Waals surface area contributed by atoms with Gasteiger partial charge in [-0.2, -0.15) is 5.10 Å². The van der Waals surface area contributed by atoms with Crippen LogP contribution in [0.15, 0.2) is 34.9 Å². The Balaban J connectivity index is 1.50. The highest BCUT2D eigenvalue weighted by Gasteiger charge is 2.39. The number of hydrogen-bond acceptors (Lipinski definition) is 5. The molecule has 1 N–H and O–H groups in total. The molecule has 1 aromatic carbocycles. The number of carbonyl (C=O) groups is 3. The average molecular weight is 418 g/mol. The zero-order chi connectivity index (χ0) is 21.9. The number of nitrogens with zero attached hydrogens (tertiary/aromatic N) is 3. The molecule has 2 aliphatic heterocycles. The molecule has 1 saturated heterocycles. The van der Waals surface area contributed by atoms with Gasteiger partial charge in [0.2, 0.25) is 11.8 Å². The Hall–Kier alpha value is -3.68. The van der Waals surface area contributed by atoms with E-state index in [4.69, 9.17) is 4.42 Å². The van der Waals surface area contributed by atoms with Crippen LogP contribution in [0.4, 0.5) is 0 Å². The largest absolute Gasteiger partial charge is 0.466 e. The maximum Gasteiger partial charge on any atom is 0.255 e. The highest BCUT2D eigenvalue weighted by Crippen LogP contribution is 2.37. The molecule has 0 saturated carbocycles. The Bertz CT molecular complexity index is 1250. The summed E-state index contributed by atoms with van der Waals surface area (Å²) in [5.74, 6) is 0.783. The zero-order valence-electron chi connectivity index (χ0n) is 17.6. The van der Waals surface area contributed by atoms with Crippen LogP contribution in [0.1, 0.15) is 40.3 Å². The SMILES string of the molecule is Cc1cc(-c2c(-c3ccc4c(c3)CN([C@H]3CCC(=O)NC3=O)C4=O)cnn2C)c(C)o1. The lowest BCUT2D eigenvalue weighted by molar-refractivity contribution is -0.136. The van der Waals surface area contributed by atoms with E-state index in [1.807, 2.05) is 56.0 Å². The van der Waals surface area contributed by atoms with Gasteiger partial charge in [0.15, 0.2) is 0 Å². The molecule has 31 heavy (non-hydrogen) atoms. The molecule has 8 nitrogen and oxygen atoms in total. The summed E-state index contributed by atoms with van der Waals surface area (Å²) in [4.78, 5) is 38.2. The quantitative estimate of drug-likeness (QED) is 0.660. The first-order chi connectivity index (χ1) is 14.8. The van der Waals surface area contributed by atoms with Crippen LogP contribution in [-0.4, -0.2) is 38.4 Å². The molecule has 3 aromatic rings. The third-order valence-corrected chi connectivity index (χ3v) is 6.07. The topological polar surface area (TPSA) is 97.4 Å². The Kier molecular flexibility index (Phi) is 4.32. The molecule has 0 unspecified atom stereocenters. The van der Waals surface area contributed by atoms with Crippen molar-refractivity contribution in [1.29, 1.82) is 0 Å². The van der Waals surface area contributed by atoms with E-state index in [1.165, 1.54) is 0 Å². The molecule has 0 aliphatic carbocycles. The highest BCUT2D eigenvalue weighted by molar-refractivity contribution is 6.05. The second kappa shape index (κ2) is 6.94. The van der Waals surface area contributed by atoms with Crippen molar-refractivity contribution in [1.82, 2.24) is 20.0 Å². The molecule has 0 bridgehead atoms. The predicted molar refractivity (Wildman–Crippen MR) is 112 cm³/mol. The maximum absolute atomic E-state index is 12.9. The molecule has 1 fully saturated rings. The molecule has 0 radical (unpaired) electrons. The first kappa shape index (κ1) is 19.3. The van der Waals surface area contributed by atoms with Gasteiger partial charge < -0.3 is 9.32 Å². The normalized spacial score (nSPS) is 18.5. The molecular formula is C23H22N4O4. The highest BCUT2D eigenvalue weighted by atomic mass is 16.3. The van der Waals surface area contributed by atoms with Crippen LogP contribution >= 0.6 is 0 Å². The van der Waals surface area contributed by atoms with Crippen molar-refractivity contribution in [3.63, 3.8) is 0 Å². The Morgan fingerprint density at radius 2 is 1.90 bits per heavy atom. The van der Waals surface area contributed by atoms with E-state index in [9.17, 15) is 14.4 Å². The number of aromatic nitrogens is 2. The number of amides is 3. The number of benzene rings is 1. The minimum atomic E-state index is -0.619. The fourth-order valence-corrected chi connectivity index (χ4v) is 4.58. The molecular weight excluding hydrogens is 396 g/mol. The molecule has 8 heteroatoms. The number of nitrogens with one attached hydrogen (secondary N) is 1. The summed E-state index contributed by atoms with van der Waals surface area (Å²) in [5.41, 5.74) is 5.27. The van der Waals surface area contributed by atoms with E-state index >= 15 is 0 Å². The van der Waals surface area contributed by atoms with Gasteiger partial charge in [-0.05, 0) is 49.6 Å². The number of aryl methyl sites for hydroxylation is 3. The summed E-state index contributed by atoms with van der Waals surface area (Å²) in [5, 5.41) is 6.78. The number of furan rings is 1. The number of imide groups is 1. The Morgan fingerprint density at radius 3 is 2.61 bits per heavy atom. The van der Waals surface area contributed by atoms with E-state index in [-0.39, 0.29) is 18.2 Å². The zero-order valence-corrected chi connectivity index (χ0v) is 17.6. The number of hydrogen-bond donors (Lipinski definition) is 1. The first-order valence-electron chi connectivity index (χ1n) is 10.2. The van der Waals surface area contributed by atoms with Crippen molar-refractivity contribution in [2.24, 2.45) is 7.05 Å². The van der Waals surface area contributed by atoms with E-state index < -0.39 is 11.9 Å². The lowest BCUT2D eigenvalue weighted by Crippen LogP contribution is -2.52. The van der Waals surface area contributed by atoms with E-state index in [0.717, 1.165) is 39.5 Å². The fraction of sp³-hybridized carbons (Fsp3) is 0.304. The number of fused-ring (bicyclic) bond motifs is 1. The molecule has 0 spiro atoms. The summed E-state index contributed by atoms with van der Waals surface area (Å²) in [6, 6.07) is 7.09. The maximum atomic E-state index is 12.9. The minimum absolute atomic E-state index is 0.177. The fourth-order valence-electron chi connectivity index (χ4n) is 4.58. The van der Waals surface area contributed by atoms with Crippen molar-refractivity contribution < 1.29 is 18.8 Å². The molecule has 2 aliphatic rings. The summed E-state index contributed by atoms with van der Waals surface area (Å²) in [7, 11) is 1.89. The van der Waals surface area contributed by atoms with Crippen molar-refractivity contribution in [3.8, 4) is 22.4 Å². The van der Waals surface area contributed by atoms with Gasteiger partial charge in [-0.3, -0.25) is 24.4 Å². The van der Waals surface area contributed by atoms with Crippen LogP contribution in [0, 0.1) is 13.8 Å². The molecule has 5 rings (SSSR count). The molecule has 2 aromatic heterocycles. The summed E-state index contributed by atoms with van der Waals surface area (Å²) < 4.78 is 7.54. The molecule has 1 atom stereocenters. The average Bonchev–Trinajstić information content (AvgIpc) is 3.36. The van der Waals surface area contributed by atoms with Gasteiger partial charge in [-0.15, -0.1) is 0 Å². The summed E-state index contributed by atoms with van der Waals surface area (Å²) in [6.07, 6.45) is 2.40.